The number of methoxy groups -OCH3 is 2. The second-order valence-corrected chi connectivity index (χ2v) is 4.13. The number of rotatable bonds is 3. The summed E-state index contributed by atoms with van der Waals surface area (Å²) in [5.41, 5.74) is 0. The van der Waals surface area contributed by atoms with Gasteiger partial charge in [0.25, 0.3) is 0 Å². The first kappa shape index (κ1) is 13.2. The molecular weight excluding hydrogens is 250 g/mol. The maximum Gasteiger partial charge on any atom is 0.415 e. The Balaban J connectivity index is 2.09. The van der Waals surface area contributed by atoms with Gasteiger partial charge in [-0.1, -0.05) is 0 Å². The van der Waals surface area contributed by atoms with Gasteiger partial charge in [-0.3, -0.25) is 4.79 Å². The molecule has 19 heavy (non-hydrogen) atoms. The van der Waals surface area contributed by atoms with Gasteiger partial charge in [0.1, 0.15) is 17.2 Å². The van der Waals surface area contributed by atoms with Crippen molar-refractivity contribution >= 4 is 11.9 Å². The maximum absolute atomic E-state index is 11.8. The van der Waals surface area contributed by atoms with Crippen molar-refractivity contribution < 1.29 is 23.8 Å². The number of amides is 1. The zero-order chi connectivity index (χ0) is 13.8. The van der Waals surface area contributed by atoms with E-state index in [0.717, 1.165) is 0 Å². The van der Waals surface area contributed by atoms with E-state index >= 15 is 0 Å². The van der Waals surface area contributed by atoms with E-state index in [1.807, 2.05) is 0 Å². The van der Waals surface area contributed by atoms with Gasteiger partial charge in [0.15, 0.2) is 5.78 Å². The molecule has 6 nitrogen and oxygen atoms in total. The summed E-state index contributed by atoms with van der Waals surface area (Å²) in [6.45, 7) is 0.513. The van der Waals surface area contributed by atoms with Crippen molar-refractivity contribution in [1.82, 2.24) is 4.90 Å². The summed E-state index contributed by atoms with van der Waals surface area (Å²) in [7, 11) is 3.03. The lowest BCUT2D eigenvalue weighted by molar-refractivity contribution is -0.116. The molecule has 2 rings (SSSR count). The first-order valence-corrected chi connectivity index (χ1v) is 5.84. The van der Waals surface area contributed by atoms with Gasteiger partial charge in [-0.2, -0.15) is 0 Å². The minimum Gasteiger partial charge on any atom is -0.496 e. The predicted molar refractivity (Wildman–Crippen MR) is 66.8 cm³/mol. The molecule has 1 aliphatic heterocycles. The minimum atomic E-state index is -0.541. The standard InChI is InChI=1S/C13H15NO5/c1-17-10-5-11(18-2)7-12(6-10)19-13(16)14-4-3-9(15)8-14/h5-7H,3-4,8H2,1-2H3. The second kappa shape index (κ2) is 5.60. The van der Waals surface area contributed by atoms with Gasteiger partial charge >= 0.3 is 6.09 Å². The molecule has 0 saturated carbocycles. The van der Waals surface area contributed by atoms with Gasteiger partial charge in [0.2, 0.25) is 0 Å². The summed E-state index contributed by atoms with van der Waals surface area (Å²) in [5, 5.41) is 0. The molecule has 6 heteroatoms. The fraction of sp³-hybridized carbons (Fsp3) is 0.385. The van der Waals surface area contributed by atoms with Crippen LogP contribution in [0, 0.1) is 0 Å². The highest BCUT2D eigenvalue weighted by Gasteiger charge is 2.25. The average molecular weight is 265 g/mol. The van der Waals surface area contributed by atoms with Crippen LogP contribution in [0.3, 0.4) is 0 Å². The van der Waals surface area contributed by atoms with Crippen LogP contribution in [0.1, 0.15) is 6.42 Å². The van der Waals surface area contributed by atoms with Gasteiger partial charge < -0.3 is 19.1 Å². The summed E-state index contributed by atoms with van der Waals surface area (Å²) >= 11 is 0. The number of carbonyl (C=O) groups excluding carboxylic acids is 2. The molecule has 1 saturated heterocycles. The topological polar surface area (TPSA) is 65.1 Å². The number of Topliss-reactive ketones (excluding diaryl/α,β-unsaturated/α-hetero) is 1. The monoisotopic (exact) mass is 265 g/mol. The Morgan fingerprint density at radius 3 is 2.16 bits per heavy atom. The summed E-state index contributed by atoms with van der Waals surface area (Å²) < 4.78 is 15.4. The van der Waals surface area contributed by atoms with Crippen molar-refractivity contribution in [3.63, 3.8) is 0 Å². The number of nitrogens with zero attached hydrogens (tertiary/aromatic N) is 1. The van der Waals surface area contributed by atoms with Crippen molar-refractivity contribution in [1.29, 1.82) is 0 Å². The zero-order valence-corrected chi connectivity index (χ0v) is 10.8. The number of ether oxygens (including phenoxy) is 3. The molecule has 1 fully saturated rings. The summed E-state index contributed by atoms with van der Waals surface area (Å²) in [6.07, 6.45) is -0.155. The van der Waals surface area contributed by atoms with Crippen LogP contribution < -0.4 is 14.2 Å². The lowest BCUT2D eigenvalue weighted by Crippen LogP contribution is -2.31. The van der Waals surface area contributed by atoms with E-state index in [1.54, 1.807) is 18.2 Å². The van der Waals surface area contributed by atoms with E-state index in [4.69, 9.17) is 14.2 Å². The van der Waals surface area contributed by atoms with Crippen LogP contribution in [0.4, 0.5) is 4.79 Å². The lowest BCUT2D eigenvalue weighted by atomic mass is 10.3. The van der Waals surface area contributed by atoms with E-state index in [1.165, 1.54) is 19.1 Å². The highest BCUT2D eigenvalue weighted by molar-refractivity contribution is 5.87. The molecule has 1 aromatic rings. The summed E-state index contributed by atoms with van der Waals surface area (Å²) in [5.74, 6) is 1.42. The van der Waals surface area contributed by atoms with E-state index in [9.17, 15) is 9.59 Å². The van der Waals surface area contributed by atoms with E-state index in [0.29, 0.717) is 30.2 Å². The van der Waals surface area contributed by atoms with Crippen molar-refractivity contribution in [2.24, 2.45) is 0 Å². The number of likely N-dealkylation sites (tertiary alicyclic amines) is 1. The van der Waals surface area contributed by atoms with Crippen LogP contribution in [-0.2, 0) is 4.79 Å². The third-order valence-corrected chi connectivity index (χ3v) is 2.82. The van der Waals surface area contributed by atoms with Crippen LogP contribution in [0.25, 0.3) is 0 Å². The van der Waals surface area contributed by atoms with Crippen molar-refractivity contribution in [2.75, 3.05) is 27.3 Å². The third-order valence-electron chi connectivity index (χ3n) is 2.82. The highest BCUT2D eigenvalue weighted by atomic mass is 16.6. The minimum absolute atomic E-state index is 0.0418. The Morgan fingerprint density at radius 1 is 1.11 bits per heavy atom. The average Bonchev–Trinajstić information content (AvgIpc) is 2.85. The Bertz CT molecular complexity index is 478. The van der Waals surface area contributed by atoms with Gasteiger partial charge in [-0.05, 0) is 0 Å². The molecule has 0 bridgehead atoms. The van der Waals surface area contributed by atoms with Crippen LogP contribution in [0.2, 0.25) is 0 Å². The highest BCUT2D eigenvalue weighted by Crippen LogP contribution is 2.27. The van der Waals surface area contributed by atoms with Gasteiger partial charge in [0.05, 0.1) is 20.8 Å². The second-order valence-electron chi connectivity index (χ2n) is 4.13. The Labute approximate surface area is 110 Å². The maximum atomic E-state index is 11.8. The summed E-state index contributed by atoms with van der Waals surface area (Å²) in [4.78, 5) is 24.3. The van der Waals surface area contributed by atoms with Gasteiger partial charge in [0, 0.05) is 31.2 Å². The molecule has 0 spiro atoms. The van der Waals surface area contributed by atoms with Crippen LogP contribution in [0.15, 0.2) is 18.2 Å². The number of carbonyl (C=O) groups is 2. The smallest absolute Gasteiger partial charge is 0.415 e. The van der Waals surface area contributed by atoms with E-state index in [-0.39, 0.29) is 12.3 Å². The molecule has 0 aliphatic carbocycles. The predicted octanol–water partition coefficient (Wildman–Crippen LogP) is 1.48. The number of ketones is 1. The Morgan fingerprint density at radius 2 is 1.68 bits per heavy atom. The number of hydrogen-bond donors (Lipinski definition) is 0. The molecule has 1 aliphatic rings. The molecule has 1 aromatic carbocycles. The molecule has 0 aromatic heterocycles. The largest absolute Gasteiger partial charge is 0.496 e. The molecule has 0 atom stereocenters. The van der Waals surface area contributed by atoms with Crippen LogP contribution in [0.5, 0.6) is 17.2 Å². The van der Waals surface area contributed by atoms with Crippen molar-refractivity contribution in [3.05, 3.63) is 18.2 Å². The van der Waals surface area contributed by atoms with Gasteiger partial charge in [-0.25, -0.2) is 4.79 Å². The Kier molecular flexibility index (Phi) is 3.89. The molecule has 0 N–H and O–H groups in total. The number of hydrogen-bond acceptors (Lipinski definition) is 5. The molecule has 0 radical (unpaired) electrons. The van der Waals surface area contributed by atoms with Crippen molar-refractivity contribution in [3.8, 4) is 17.2 Å². The molecule has 1 amide bonds. The zero-order valence-electron chi connectivity index (χ0n) is 10.8. The molecule has 102 valence electrons. The van der Waals surface area contributed by atoms with Gasteiger partial charge in [-0.15, -0.1) is 0 Å². The van der Waals surface area contributed by atoms with Crippen LogP contribution in [-0.4, -0.2) is 44.1 Å². The third kappa shape index (κ3) is 3.15. The summed E-state index contributed by atoms with van der Waals surface area (Å²) in [6, 6.07) is 4.84. The van der Waals surface area contributed by atoms with E-state index < -0.39 is 6.09 Å². The lowest BCUT2D eigenvalue weighted by Gasteiger charge is -2.15. The quantitative estimate of drug-likeness (QED) is 0.828. The van der Waals surface area contributed by atoms with Crippen molar-refractivity contribution in [2.45, 2.75) is 6.42 Å². The fourth-order valence-corrected chi connectivity index (χ4v) is 1.79. The molecule has 1 heterocycles. The van der Waals surface area contributed by atoms with Crippen LogP contribution >= 0.6 is 0 Å². The molecular formula is C13H15NO5. The van der Waals surface area contributed by atoms with E-state index in [2.05, 4.69) is 0 Å². The first-order valence-electron chi connectivity index (χ1n) is 5.84. The Hall–Kier alpha value is -2.24. The SMILES string of the molecule is COc1cc(OC)cc(OC(=O)N2CCC(=O)C2)c1. The number of benzene rings is 1. The normalized spacial score (nSPS) is 14.4. The first-order chi connectivity index (χ1) is 9.12. The fourth-order valence-electron chi connectivity index (χ4n) is 1.79. The molecule has 0 unspecified atom stereocenters.